The molecule has 7 heteroatoms. The van der Waals surface area contributed by atoms with Gasteiger partial charge in [-0.05, 0) is 43.4 Å². The van der Waals surface area contributed by atoms with E-state index in [2.05, 4.69) is 15.5 Å². The third-order valence-electron chi connectivity index (χ3n) is 5.12. The molecule has 0 bridgehead atoms. The third-order valence-corrected chi connectivity index (χ3v) is 5.12. The van der Waals surface area contributed by atoms with Crippen LogP contribution in [0.4, 0.5) is 4.79 Å². The molecule has 1 aromatic carbocycles. The van der Waals surface area contributed by atoms with Crippen LogP contribution in [0.15, 0.2) is 28.7 Å². The highest BCUT2D eigenvalue weighted by Crippen LogP contribution is 2.40. The number of rotatable bonds is 5. The second-order valence-corrected chi connectivity index (χ2v) is 7.02. The molecule has 2 heterocycles. The van der Waals surface area contributed by atoms with Crippen LogP contribution >= 0.6 is 0 Å². The lowest BCUT2D eigenvalue weighted by atomic mass is 9.97. The lowest BCUT2D eigenvalue weighted by Gasteiger charge is -2.30. The van der Waals surface area contributed by atoms with E-state index < -0.39 is 0 Å². The molecule has 0 spiro atoms. The van der Waals surface area contributed by atoms with E-state index in [0.717, 1.165) is 48.8 Å². The topological polar surface area (TPSA) is 80.5 Å². The summed E-state index contributed by atoms with van der Waals surface area (Å²) in [5, 5.41) is 11.4. The Hall–Kier alpha value is -2.57. The van der Waals surface area contributed by atoms with E-state index in [-0.39, 0.29) is 11.9 Å². The van der Waals surface area contributed by atoms with Gasteiger partial charge in [-0.3, -0.25) is 0 Å². The van der Waals surface area contributed by atoms with Gasteiger partial charge in [0.1, 0.15) is 5.75 Å². The molecule has 2 aromatic rings. The van der Waals surface area contributed by atoms with Crippen molar-refractivity contribution in [3.63, 3.8) is 0 Å². The van der Waals surface area contributed by atoms with Gasteiger partial charge in [0.2, 0.25) is 11.8 Å². The summed E-state index contributed by atoms with van der Waals surface area (Å²) in [6.45, 7) is 1.93. The van der Waals surface area contributed by atoms with Crippen molar-refractivity contribution in [2.45, 2.75) is 44.1 Å². The summed E-state index contributed by atoms with van der Waals surface area (Å²) in [7, 11) is 1.64. The Morgan fingerprint density at radius 2 is 1.73 bits per heavy atom. The van der Waals surface area contributed by atoms with Crippen LogP contribution in [0.3, 0.4) is 0 Å². The van der Waals surface area contributed by atoms with E-state index in [1.807, 2.05) is 29.2 Å². The summed E-state index contributed by atoms with van der Waals surface area (Å²) < 4.78 is 11.0. The molecule has 1 saturated heterocycles. The van der Waals surface area contributed by atoms with Gasteiger partial charge in [0.25, 0.3) is 0 Å². The SMILES string of the molecule is COc1ccc(CNC(=O)N2CCC(c3nnc(C4CC4)o3)CC2)cc1. The van der Waals surface area contributed by atoms with E-state index in [4.69, 9.17) is 9.15 Å². The maximum absolute atomic E-state index is 12.4. The third kappa shape index (κ3) is 3.81. The summed E-state index contributed by atoms with van der Waals surface area (Å²) >= 11 is 0. The minimum absolute atomic E-state index is 0.0246. The largest absolute Gasteiger partial charge is 0.497 e. The zero-order chi connectivity index (χ0) is 17.9. The van der Waals surface area contributed by atoms with E-state index >= 15 is 0 Å². The van der Waals surface area contributed by atoms with E-state index in [1.165, 1.54) is 0 Å². The number of nitrogens with one attached hydrogen (secondary N) is 1. The Balaban J connectivity index is 1.24. The molecule has 0 atom stereocenters. The van der Waals surface area contributed by atoms with Crippen LogP contribution in [0.1, 0.15) is 54.9 Å². The van der Waals surface area contributed by atoms with Crippen molar-refractivity contribution in [3.8, 4) is 5.75 Å². The van der Waals surface area contributed by atoms with Crippen LogP contribution in [-0.2, 0) is 6.54 Å². The number of carbonyl (C=O) groups is 1. The summed E-state index contributed by atoms with van der Waals surface area (Å²) in [6.07, 6.45) is 4.05. The number of carbonyl (C=O) groups excluding carboxylic acids is 1. The van der Waals surface area contributed by atoms with Gasteiger partial charge < -0.3 is 19.4 Å². The monoisotopic (exact) mass is 356 g/mol. The summed E-state index contributed by atoms with van der Waals surface area (Å²) in [6, 6.07) is 7.68. The van der Waals surface area contributed by atoms with Crippen molar-refractivity contribution in [1.29, 1.82) is 0 Å². The fraction of sp³-hybridized carbons (Fsp3) is 0.526. The number of hydrogen-bond donors (Lipinski definition) is 1. The van der Waals surface area contributed by atoms with Gasteiger partial charge in [-0.2, -0.15) is 0 Å². The zero-order valence-electron chi connectivity index (χ0n) is 15.0. The number of methoxy groups -OCH3 is 1. The summed E-state index contributed by atoms with van der Waals surface area (Å²) in [4.78, 5) is 14.2. The molecule has 26 heavy (non-hydrogen) atoms. The highest BCUT2D eigenvalue weighted by Gasteiger charge is 2.32. The van der Waals surface area contributed by atoms with Crippen LogP contribution in [0.25, 0.3) is 0 Å². The Bertz CT molecular complexity index is 746. The van der Waals surface area contributed by atoms with Crippen LogP contribution < -0.4 is 10.1 Å². The standard InChI is InChI=1S/C19H24N4O3/c1-25-16-6-2-13(3-7-16)12-20-19(24)23-10-8-15(9-11-23)18-22-21-17(26-18)14-4-5-14/h2-3,6-7,14-15H,4-5,8-12H2,1H3,(H,20,24). The fourth-order valence-corrected chi connectivity index (χ4v) is 3.27. The predicted molar refractivity (Wildman–Crippen MR) is 95.1 cm³/mol. The van der Waals surface area contributed by atoms with E-state index in [1.54, 1.807) is 7.11 Å². The first-order valence-corrected chi connectivity index (χ1v) is 9.22. The second-order valence-electron chi connectivity index (χ2n) is 7.02. The number of urea groups is 1. The van der Waals surface area contributed by atoms with Gasteiger partial charge in [-0.1, -0.05) is 12.1 Å². The number of hydrogen-bond acceptors (Lipinski definition) is 5. The Morgan fingerprint density at radius 1 is 1.12 bits per heavy atom. The van der Waals surface area contributed by atoms with Gasteiger partial charge >= 0.3 is 6.03 Å². The van der Waals surface area contributed by atoms with Gasteiger partial charge in [0.05, 0.1) is 7.11 Å². The van der Waals surface area contributed by atoms with Crippen LogP contribution in [0.2, 0.25) is 0 Å². The average Bonchev–Trinajstić information content (AvgIpc) is 3.43. The summed E-state index contributed by atoms with van der Waals surface area (Å²) in [5.74, 6) is 3.10. The van der Waals surface area contributed by atoms with Crippen molar-refractivity contribution < 1.29 is 13.9 Å². The minimum Gasteiger partial charge on any atom is -0.497 e. The Labute approximate surface area is 152 Å². The molecule has 138 valence electrons. The van der Waals surface area contributed by atoms with E-state index in [9.17, 15) is 4.79 Å². The average molecular weight is 356 g/mol. The number of benzene rings is 1. The molecule has 7 nitrogen and oxygen atoms in total. The molecule has 2 amide bonds. The van der Waals surface area contributed by atoms with Crippen molar-refractivity contribution in [2.24, 2.45) is 0 Å². The van der Waals surface area contributed by atoms with Crippen LogP contribution in [0.5, 0.6) is 5.75 Å². The van der Waals surface area contributed by atoms with Gasteiger partial charge in [0.15, 0.2) is 0 Å². The maximum atomic E-state index is 12.4. The minimum atomic E-state index is -0.0246. The molecule has 2 fully saturated rings. The lowest BCUT2D eigenvalue weighted by Crippen LogP contribution is -2.43. The van der Waals surface area contributed by atoms with Gasteiger partial charge in [-0.25, -0.2) is 4.79 Å². The van der Waals surface area contributed by atoms with Crippen molar-refractivity contribution in [1.82, 2.24) is 20.4 Å². The molecule has 1 N–H and O–H groups in total. The molecule has 1 aliphatic carbocycles. The second kappa shape index (κ2) is 7.35. The van der Waals surface area contributed by atoms with E-state index in [0.29, 0.717) is 25.6 Å². The number of amides is 2. The molecule has 2 aliphatic rings. The Morgan fingerprint density at radius 3 is 2.31 bits per heavy atom. The molecular weight excluding hydrogens is 332 g/mol. The summed E-state index contributed by atoms with van der Waals surface area (Å²) in [5.41, 5.74) is 1.05. The number of piperidine rings is 1. The predicted octanol–water partition coefficient (Wildman–Crippen LogP) is 3.04. The smallest absolute Gasteiger partial charge is 0.317 e. The quantitative estimate of drug-likeness (QED) is 0.891. The fourth-order valence-electron chi connectivity index (χ4n) is 3.27. The first-order chi connectivity index (χ1) is 12.7. The number of aromatic nitrogens is 2. The highest BCUT2D eigenvalue weighted by molar-refractivity contribution is 5.74. The van der Waals surface area contributed by atoms with Crippen molar-refractivity contribution in [2.75, 3.05) is 20.2 Å². The molecule has 1 aliphatic heterocycles. The molecule has 0 unspecified atom stereocenters. The Kier molecular flexibility index (Phi) is 4.77. The van der Waals surface area contributed by atoms with Gasteiger partial charge in [-0.15, -0.1) is 10.2 Å². The van der Waals surface area contributed by atoms with Crippen molar-refractivity contribution in [3.05, 3.63) is 41.6 Å². The first-order valence-electron chi connectivity index (χ1n) is 9.22. The molecule has 1 aromatic heterocycles. The number of likely N-dealkylation sites (tertiary alicyclic amines) is 1. The normalized spacial score (nSPS) is 18.0. The van der Waals surface area contributed by atoms with Gasteiger partial charge in [0, 0.05) is 31.5 Å². The van der Waals surface area contributed by atoms with Crippen LogP contribution in [-0.4, -0.2) is 41.3 Å². The molecule has 0 radical (unpaired) electrons. The van der Waals surface area contributed by atoms with Crippen LogP contribution in [0, 0.1) is 0 Å². The lowest BCUT2D eigenvalue weighted by molar-refractivity contribution is 0.176. The van der Waals surface area contributed by atoms with Crippen molar-refractivity contribution >= 4 is 6.03 Å². The number of nitrogens with zero attached hydrogens (tertiary/aromatic N) is 3. The molecule has 4 rings (SSSR count). The maximum Gasteiger partial charge on any atom is 0.317 e. The number of ether oxygens (including phenoxy) is 1. The highest BCUT2D eigenvalue weighted by atomic mass is 16.5. The zero-order valence-corrected chi connectivity index (χ0v) is 15.0. The molecule has 1 saturated carbocycles. The first kappa shape index (κ1) is 16.9. The molecular formula is C19H24N4O3.